The fraction of sp³-hybridized carbons (Fsp3) is 0.111. The van der Waals surface area contributed by atoms with Crippen molar-refractivity contribution in [1.29, 1.82) is 5.41 Å². The van der Waals surface area contributed by atoms with Crippen LogP contribution in [0.3, 0.4) is 0 Å². The van der Waals surface area contributed by atoms with Gasteiger partial charge in [0, 0.05) is 10.6 Å². The molecule has 2 aliphatic heterocycles. The molecule has 0 aliphatic carbocycles. The molecule has 0 radical (unpaired) electrons. The summed E-state index contributed by atoms with van der Waals surface area (Å²) < 4.78 is 5.78. The number of halogens is 2. The fourth-order valence-electron chi connectivity index (χ4n) is 2.58. The highest BCUT2D eigenvalue weighted by Crippen LogP contribution is 2.33. The first-order valence-corrected chi connectivity index (χ1v) is 9.58. The molecular formula is C18H12Cl2N4O2S. The quantitative estimate of drug-likeness (QED) is 0.686. The third kappa shape index (κ3) is 3.34. The SMILES string of the molecule is CCC1=NN2C(=N)/C(=C\c3ccc(-c4ccc(Cl)cc4Cl)o3)C(=O)N=C2S1. The van der Waals surface area contributed by atoms with Gasteiger partial charge in [-0.15, -0.1) is 0 Å². The standard InChI is InChI=1S/C18H12Cl2N4O2S/c1-2-15-23-24-16(21)12(17(25)22-18(24)27-15)8-10-4-6-14(26-10)11-5-3-9(19)7-13(11)20/h3-8,21H,2H2,1H3/b12-8+,21-16?. The van der Waals surface area contributed by atoms with Gasteiger partial charge in [-0.25, -0.2) is 0 Å². The van der Waals surface area contributed by atoms with Gasteiger partial charge in [0.05, 0.1) is 10.6 Å². The number of carbonyl (C=O) groups excluding carboxylic acids is 1. The molecule has 1 aromatic heterocycles. The molecule has 0 unspecified atom stereocenters. The van der Waals surface area contributed by atoms with Gasteiger partial charge in [-0.2, -0.15) is 15.1 Å². The van der Waals surface area contributed by atoms with E-state index in [2.05, 4.69) is 10.1 Å². The minimum Gasteiger partial charge on any atom is -0.457 e. The number of fused-ring (bicyclic) bond motifs is 1. The predicted octanol–water partition coefficient (Wildman–Crippen LogP) is 5.28. The second kappa shape index (κ2) is 6.99. The van der Waals surface area contributed by atoms with E-state index in [0.29, 0.717) is 38.7 Å². The number of hydrogen-bond acceptors (Lipinski definition) is 5. The molecular weight excluding hydrogens is 407 g/mol. The van der Waals surface area contributed by atoms with E-state index in [1.54, 1.807) is 30.3 Å². The van der Waals surface area contributed by atoms with Crippen molar-refractivity contribution in [1.82, 2.24) is 5.01 Å². The monoisotopic (exact) mass is 418 g/mol. The number of nitrogens with one attached hydrogen (secondary N) is 1. The summed E-state index contributed by atoms with van der Waals surface area (Å²) in [7, 11) is 0. The van der Waals surface area contributed by atoms with E-state index in [1.165, 1.54) is 22.8 Å². The van der Waals surface area contributed by atoms with Crippen molar-refractivity contribution >= 4 is 63.0 Å². The van der Waals surface area contributed by atoms with E-state index in [9.17, 15) is 4.79 Å². The van der Waals surface area contributed by atoms with E-state index in [0.717, 1.165) is 5.04 Å². The average Bonchev–Trinajstić information content (AvgIpc) is 3.25. The van der Waals surface area contributed by atoms with Gasteiger partial charge in [-0.1, -0.05) is 30.1 Å². The summed E-state index contributed by atoms with van der Waals surface area (Å²) >= 11 is 13.4. The van der Waals surface area contributed by atoms with Crippen LogP contribution in [0.15, 0.2) is 50.4 Å². The number of hydrogen-bond donors (Lipinski definition) is 1. The molecule has 0 atom stereocenters. The molecule has 4 rings (SSSR count). The normalized spacial score (nSPS) is 18.0. The Morgan fingerprint density at radius 1 is 1.30 bits per heavy atom. The van der Waals surface area contributed by atoms with Crippen LogP contribution in [0.25, 0.3) is 17.4 Å². The van der Waals surface area contributed by atoms with Gasteiger partial charge < -0.3 is 4.42 Å². The van der Waals surface area contributed by atoms with Crippen LogP contribution in [-0.4, -0.2) is 27.0 Å². The summed E-state index contributed by atoms with van der Waals surface area (Å²) in [6.07, 6.45) is 2.20. The minimum absolute atomic E-state index is 0.0246. The first-order chi connectivity index (χ1) is 13.0. The molecule has 136 valence electrons. The van der Waals surface area contributed by atoms with Crippen molar-refractivity contribution in [2.45, 2.75) is 13.3 Å². The molecule has 1 N–H and O–H groups in total. The van der Waals surface area contributed by atoms with Crippen LogP contribution in [0.2, 0.25) is 10.0 Å². The number of amides is 1. The first kappa shape index (κ1) is 18.0. The largest absolute Gasteiger partial charge is 0.457 e. The lowest BCUT2D eigenvalue weighted by atomic mass is 10.1. The molecule has 3 heterocycles. The molecule has 0 saturated carbocycles. The van der Waals surface area contributed by atoms with Crippen LogP contribution in [0.4, 0.5) is 0 Å². The average molecular weight is 419 g/mol. The molecule has 27 heavy (non-hydrogen) atoms. The van der Waals surface area contributed by atoms with Crippen molar-refractivity contribution in [3.63, 3.8) is 0 Å². The Morgan fingerprint density at radius 3 is 2.85 bits per heavy atom. The molecule has 1 aromatic carbocycles. The topological polar surface area (TPSA) is 82.0 Å². The number of carbonyl (C=O) groups is 1. The molecule has 0 saturated heterocycles. The maximum Gasteiger partial charge on any atom is 0.283 e. The maximum atomic E-state index is 12.4. The predicted molar refractivity (Wildman–Crippen MR) is 109 cm³/mol. The van der Waals surface area contributed by atoms with Gasteiger partial charge in [0.25, 0.3) is 5.91 Å². The van der Waals surface area contributed by atoms with Crippen LogP contribution < -0.4 is 0 Å². The van der Waals surface area contributed by atoms with Gasteiger partial charge in [0.2, 0.25) is 5.17 Å². The van der Waals surface area contributed by atoms with Crippen molar-refractivity contribution in [3.8, 4) is 11.3 Å². The molecule has 0 spiro atoms. The Kier molecular flexibility index (Phi) is 4.67. The third-order valence-electron chi connectivity index (χ3n) is 3.91. The van der Waals surface area contributed by atoms with Crippen molar-refractivity contribution < 1.29 is 9.21 Å². The van der Waals surface area contributed by atoms with E-state index in [-0.39, 0.29) is 11.4 Å². The lowest BCUT2D eigenvalue weighted by Crippen LogP contribution is -2.35. The van der Waals surface area contributed by atoms with E-state index >= 15 is 0 Å². The van der Waals surface area contributed by atoms with E-state index in [4.69, 9.17) is 33.0 Å². The molecule has 9 heteroatoms. The van der Waals surface area contributed by atoms with Gasteiger partial charge in [0.15, 0.2) is 5.84 Å². The summed E-state index contributed by atoms with van der Waals surface area (Å²) in [5, 5.41) is 16.2. The first-order valence-electron chi connectivity index (χ1n) is 8.00. The molecule has 0 fully saturated rings. The third-order valence-corrected chi connectivity index (χ3v) is 5.51. The van der Waals surface area contributed by atoms with Crippen LogP contribution in [0, 0.1) is 5.41 Å². The molecule has 6 nitrogen and oxygen atoms in total. The maximum absolute atomic E-state index is 12.4. The van der Waals surface area contributed by atoms with Gasteiger partial charge in [0.1, 0.15) is 16.6 Å². The number of nitrogens with zero attached hydrogens (tertiary/aromatic N) is 3. The lowest BCUT2D eigenvalue weighted by Gasteiger charge is -2.19. The second-order valence-corrected chi connectivity index (χ2v) is 7.58. The molecule has 2 aliphatic rings. The number of thioether (sulfide) groups is 1. The lowest BCUT2D eigenvalue weighted by molar-refractivity contribution is -0.114. The Labute approximate surface area is 169 Å². The van der Waals surface area contributed by atoms with Crippen molar-refractivity contribution in [2.75, 3.05) is 0 Å². The number of hydrazone groups is 1. The minimum atomic E-state index is -0.492. The van der Waals surface area contributed by atoms with Crippen LogP contribution in [0.1, 0.15) is 19.1 Å². The highest BCUT2D eigenvalue weighted by atomic mass is 35.5. The Morgan fingerprint density at radius 2 is 2.11 bits per heavy atom. The number of amidine groups is 2. The number of aliphatic imine (C=N–C) groups is 1. The van der Waals surface area contributed by atoms with Gasteiger partial charge in [-0.3, -0.25) is 10.2 Å². The fourth-order valence-corrected chi connectivity index (χ4v) is 3.91. The zero-order valence-electron chi connectivity index (χ0n) is 14.0. The zero-order chi connectivity index (χ0) is 19.1. The second-order valence-electron chi connectivity index (χ2n) is 5.69. The number of furan rings is 1. The summed E-state index contributed by atoms with van der Waals surface area (Å²) in [5.74, 6) is 0.428. The summed E-state index contributed by atoms with van der Waals surface area (Å²) in [6.45, 7) is 1.96. The van der Waals surface area contributed by atoms with Crippen LogP contribution >= 0.6 is 35.0 Å². The van der Waals surface area contributed by atoms with Crippen LogP contribution in [-0.2, 0) is 4.79 Å². The number of benzene rings is 1. The summed E-state index contributed by atoms with van der Waals surface area (Å²) in [4.78, 5) is 16.4. The number of rotatable bonds is 3. The molecule has 1 amide bonds. The smallest absolute Gasteiger partial charge is 0.283 e. The van der Waals surface area contributed by atoms with Gasteiger partial charge >= 0.3 is 0 Å². The van der Waals surface area contributed by atoms with Gasteiger partial charge in [-0.05, 0) is 54.6 Å². The zero-order valence-corrected chi connectivity index (χ0v) is 16.3. The highest BCUT2D eigenvalue weighted by molar-refractivity contribution is 8.26. The van der Waals surface area contributed by atoms with E-state index in [1.807, 2.05) is 6.92 Å². The summed E-state index contributed by atoms with van der Waals surface area (Å²) in [5.41, 5.74) is 0.799. The van der Waals surface area contributed by atoms with Crippen LogP contribution in [0.5, 0.6) is 0 Å². The summed E-state index contributed by atoms with van der Waals surface area (Å²) in [6, 6.07) is 8.55. The molecule has 2 aromatic rings. The molecule has 0 bridgehead atoms. The highest BCUT2D eigenvalue weighted by Gasteiger charge is 2.35. The van der Waals surface area contributed by atoms with Crippen molar-refractivity contribution in [2.24, 2.45) is 10.1 Å². The Hall–Kier alpha value is -2.35. The Balaban J connectivity index is 1.67. The van der Waals surface area contributed by atoms with Crippen molar-refractivity contribution in [3.05, 3.63) is 51.7 Å². The Bertz CT molecular complexity index is 1070. The van der Waals surface area contributed by atoms with E-state index < -0.39 is 5.91 Å².